The van der Waals surface area contributed by atoms with Crippen LogP contribution in [0.2, 0.25) is 0 Å². The predicted molar refractivity (Wildman–Crippen MR) is 62.3 cm³/mol. The van der Waals surface area contributed by atoms with E-state index in [9.17, 15) is 5.11 Å². The van der Waals surface area contributed by atoms with Crippen LogP contribution in [0.3, 0.4) is 0 Å². The molecule has 1 aliphatic heterocycles. The highest BCUT2D eigenvalue weighted by Crippen LogP contribution is 2.28. The number of benzene rings is 1. The number of nitrogens with zero attached hydrogens (tertiary/aromatic N) is 1. The molecule has 0 fully saturated rings. The molecule has 1 heterocycles. The van der Waals surface area contributed by atoms with Crippen LogP contribution >= 0.6 is 0 Å². The van der Waals surface area contributed by atoms with Gasteiger partial charge in [-0.2, -0.15) is 0 Å². The summed E-state index contributed by atoms with van der Waals surface area (Å²) in [6.45, 7) is 2.10. The first-order chi connectivity index (χ1) is 7.15. The molecule has 0 radical (unpaired) electrons. The fourth-order valence-corrected chi connectivity index (χ4v) is 2.19. The highest BCUT2D eigenvalue weighted by atomic mass is 16.3. The van der Waals surface area contributed by atoms with Crippen LogP contribution in [0.25, 0.3) is 0 Å². The van der Waals surface area contributed by atoms with Crippen molar-refractivity contribution in [1.82, 2.24) is 4.90 Å². The molecule has 2 N–H and O–H groups in total. The van der Waals surface area contributed by atoms with Gasteiger partial charge < -0.3 is 15.3 Å². The molecule has 0 aliphatic carbocycles. The van der Waals surface area contributed by atoms with Crippen LogP contribution in [0, 0.1) is 5.92 Å². The molecule has 0 saturated heterocycles. The van der Waals surface area contributed by atoms with Crippen LogP contribution in [0.5, 0.6) is 5.75 Å². The Labute approximate surface area is 90.7 Å². The molecule has 1 unspecified atom stereocenters. The second-order valence-electron chi connectivity index (χ2n) is 4.55. The predicted octanol–water partition coefficient (Wildman–Crippen LogP) is 1.54. The van der Waals surface area contributed by atoms with Crippen molar-refractivity contribution in [2.24, 2.45) is 5.92 Å². The lowest BCUT2D eigenvalue weighted by molar-refractivity contribution is 0.328. The lowest BCUT2D eigenvalue weighted by Gasteiger charge is -2.28. The normalized spacial score (nSPS) is 19.8. The Hall–Kier alpha value is -1.22. The number of anilines is 1. The maximum atomic E-state index is 9.35. The first-order valence-electron chi connectivity index (χ1n) is 5.35. The van der Waals surface area contributed by atoms with E-state index in [1.165, 1.54) is 5.56 Å². The molecule has 0 aromatic heterocycles. The molecular weight excluding hydrogens is 188 g/mol. The van der Waals surface area contributed by atoms with Gasteiger partial charge in [-0.1, -0.05) is 6.07 Å². The van der Waals surface area contributed by atoms with Gasteiger partial charge in [0.25, 0.3) is 0 Å². The zero-order valence-corrected chi connectivity index (χ0v) is 9.33. The number of aromatic hydroxyl groups is 1. The molecular formula is C12H18N2O. The fraction of sp³-hybridized carbons (Fsp3) is 0.500. The molecule has 1 aliphatic rings. The highest BCUT2D eigenvalue weighted by Gasteiger charge is 2.18. The smallest absolute Gasteiger partial charge is 0.117 e. The Bertz CT molecular complexity index is 349. The molecule has 2 rings (SSSR count). The van der Waals surface area contributed by atoms with Gasteiger partial charge in [0.2, 0.25) is 0 Å². The van der Waals surface area contributed by atoms with Crippen LogP contribution in [0.4, 0.5) is 5.69 Å². The molecule has 1 aromatic rings. The van der Waals surface area contributed by atoms with Gasteiger partial charge in [0.05, 0.1) is 0 Å². The molecule has 0 saturated carbocycles. The minimum atomic E-state index is 0.340. The van der Waals surface area contributed by atoms with E-state index in [2.05, 4.69) is 24.3 Å². The van der Waals surface area contributed by atoms with Crippen molar-refractivity contribution in [3.63, 3.8) is 0 Å². The van der Waals surface area contributed by atoms with Gasteiger partial charge in [-0.25, -0.2) is 0 Å². The Balaban J connectivity index is 2.10. The largest absolute Gasteiger partial charge is 0.508 e. The summed E-state index contributed by atoms with van der Waals surface area (Å²) in [5.74, 6) is 1.00. The van der Waals surface area contributed by atoms with Crippen molar-refractivity contribution < 1.29 is 5.11 Å². The second kappa shape index (κ2) is 4.11. The van der Waals surface area contributed by atoms with E-state index >= 15 is 0 Å². The second-order valence-corrected chi connectivity index (χ2v) is 4.55. The molecule has 0 bridgehead atoms. The van der Waals surface area contributed by atoms with Gasteiger partial charge in [0.1, 0.15) is 5.75 Å². The van der Waals surface area contributed by atoms with Gasteiger partial charge in [-0.15, -0.1) is 0 Å². The van der Waals surface area contributed by atoms with E-state index in [1.54, 1.807) is 12.1 Å². The zero-order chi connectivity index (χ0) is 10.8. The molecule has 82 valence electrons. The molecule has 1 aromatic carbocycles. The van der Waals surface area contributed by atoms with E-state index in [0.717, 1.165) is 25.2 Å². The third-order valence-electron chi connectivity index (χ3n) is 2.81. The van der Waals surface area contributed by atoms with Crippen LogP contribution in [-0.2, 0) is 6.42 Å². The minimum Gasteiger partial charge on any atom is -0.508 e. The summed E-state index contributed by atoms with van der Waals surface area (Å²) < 4.78 is 0. The molecule has 15 heavy (non-hydrogen) atoms. The van der Waals surface area contributed by atoms with Crippen molar-refractivity contribution in [2.75, 3.05) is 32.5 Å². The quantitative estimate of drug-likeness (QED) is 0.770. The Morgan fingerprint density at radius 3 is 3.00 bits per heavy atom. The van der Waals surface area contributed by atoms with Gasteiger partial charge in [0, 0.05) is 24.8 Å². The van der Waals surface area contributed by atoms with Crippen molar-refractivity contribution in [2.45, 2.75) is 6.42 Å². The van der Waals surface area contributed by atoms with Crippen LogP contribution in [-0.4, -0.2) is 37.2 Å². The minimum absolute atomic E-state index is 0.340. The Kier molecular flexibility index (Phi) is 2.82. The van der Waals surface area contributed by atoms with E-state index in [0.29, 0.717) is 11.7 Å². The topological polar surface area (TPSA) is 35.5 Å². The monoisotopic (exact) mass is 206 g/mol. The van der Waals surface area contributed by atoms with E-state index in [1.807, 2.05) is 6.07 Å². The average Bonchev–Trinajstić information content (AvgIpc) is 2.17. The van der Waals surface area contributed by atoms with Crippen LogP contribution < -0.4 is 5.32 Å². The van der Waals surface area contributed by atoms with Crippen molar-refractivity contribution in [3.8, 4) is 5.75 Å². The number of phenolic OH excluding ortho intramolecular Hbond substituents is 1. The number of nitrogens with one attached hydrogen (secondary N) is 1. The average molecular weight is 206 g/mol. The molecule has 3 heteroatoms. The molecule has 3 nitrogen and oxygen atoms in total. The van der Waals surface area contributed by atoms with Crippen molar-refractivity contribution in [1.29, 1.82) is 0 Å². The number of hydrogen-bond donors (Lipinski definition) is 2. The lowest BCUT2D eigenvalue weighted by Crippen LogP contribution is -2.31. The zero-order valence-electron chi connectivity index (χ0n) is 9.33. The molecule has 0 spiro atoms. The lowest BCUT2D eigenvalue weighted by atomic mass is 9.93. The highest BCUT2D eigenvalue weighted by molar-refractivity contribution is 5.56. The number of fused-ring (bicyclic) bond motifs is 1. The standard InChI is InChI=1S/C12H18N2O/c1-14(2)8-9-5-10-3-4-11(15)6-12(10)13-7-9/h3-4,6,9,13,15H,5,7-8H2,1-2H3. The summed E-state index contributed by atoms with van der Waals surface area (Å²) in [7, 11) is 4.21. The maximum absolute atomic E-state index is 9.35. The number of hydrogen-bond acceptors (Lipinski definition) is 3. The Morgan fingerprint density at radius 1 is 1.47 bits per heavy atom. The van der Waals surface area contributed by atoms with Gasteiger partial charge in [-0.3, -0.25) is 0 Å². The first-order valence-corrected chi connectivity index (χ1v) is 5.35. The van der Waals surface area contributed by atoms with Gasteiger partial charge in [-0.05, 0) is 38.1 Å². The van der Waals surface area contributed by atoms with Crippen molar-refractivity contribution >= 4 is 5.69 Å². The summed E-state index contributed by atoms with van der Waals surface area (Å²) in [6.07, 6.45) is 1.10. The van der Waals surface area contributed by atoms with E-state index in [4.69, 9.17) is 0 Å². The maximum Gasteiger partial charge on any atom is 0.117 e. The van der Waals surface area contributed by atoms with Gasteiger partial charge in [0.15, 0.2) is 0 Å². The van der Waals surface area contributed by atoms with Gasteiger partial charge >= 0.3 is 0 Å². The summed E-state index contributed by atoms with van der Waals surface area (Å²) in [5.41, 5.74) is 2.40. The summed E-state index contributed by atoms with van der Waals surface area (Å²) in [4.78, 5) is 2.22. The van der Waals surface area contributed by atoms with E-state index in [-0.39, 0.29) is 0 Å². The van der Waals surface area contributed by atoms with Crippen molar-refractivity contribution in [3.05, 3.63) is 23.8 Å². The SMILES string of the molecule is CN(C)CC1CNc2cc(O)ccc2C1. The molecule has 0 amide bonds. The third-order valence-corrected chi connectivity index (χ3v) is 2.81. The number of phenols is 1. The van der Waals surface area contributed by atoms with Crippen LogP contribution in [0.15, 0.2) is 18.2 Å². The fourth-order valence-electron chi connectivity index (χ4n) is 2.19. The third kappa shape index (κ3) is 2.42. The number of rotatable bonds is 2. The van der Waals surface area contributed by atoms with Crippen LogP contribution in [0.1, 0.15) is 5.56 Å². The summed E-state index contributed by atoms with van der Waals surface area (Å²) >= 11 is 0. The summed E-state index contributed by atoms with van der Waals surface area (Å²) in [6, 6.07) is 5.58. The Morgan fingerprint density at radius 2 is 2.27 bits per heavy atom. The van der Waals surface area contributed by atoms with E-state index < -0.39 is 0 Å². The summed E-state index contributed by atoms with van der Waals surface area (Å²) in [5, 5.41) is 12.7. The molecule has 1 atom stereocenters. The first kappa shape index (κ1) is 10.3.